The van der Waals surface area contributed by atoms with Gasteiger partial charge in [0.1, 0.15) is 6.04 Å². The largest absolute Gasteiger partial charge is 0.503 e. The number of amides is 2. The van der Waals surface area contributed by atoms with E-state index in [2.05, 4.69) is 10.6 Å². The topological polar surface area (TPSA) is 108 Å². The minimum Gasteiger partial charge on any atom is -0.503 e. The molecule has 0 aromatic heterocycles. The number of rotatable bonds is 11. The Morgan fingerprint density at radius 2 is 1.51 bits per heavy atom. The molecule has 2 amide bonds. The molecule has 0 unspecified atom stereocenters. The van der Waals surface area contributed by atoms with Gasteiger partial charge in [0, 0.05) is 6.04 Å². The smallest absolute Gasteiger partial charge is 0.416 e. The van der Waals surface area contributed by atoms with Crippen molar-refractivity contribution in [1.29, 1.82) is 0 Å². The minimum atomic E-state index is -5.17. The number of phenolic OH excluding ortho intramolecular Hbond substituents is 1. The van der Waals surface area contributed by atoms with Gasteiger partial charge >= 0.3 is 12.4 Å². The van der Waals surface area contributed by atoms with Crippen LogP contribution in [-0.2, 0) is 27.0 Å². The van der Waals surface area contributed by atoms with Crippen molar-refractivity contribution in [3.05, 3.63) is 64.7 Å². The number of aromatic hydroxyl groups is 1. The second-order valence-corrected chi connectivity index (χ2v) is 9.51. The van der Waals surface area contributed by atoms with E-state index in [0.717, 1.165) is 0 Å². The highest BCUT2D eigenvalue weighted by Gasteiger charge is 2.44. The minimum absolute atomic E-state index is 0.139. The number of Topliss-reactive ketones (excluding diaryl/α,β-unsaturated/α-hetero) is 1. The van der Waals surface area contributed by atoms with Crippen LogP contribution in [0.1, 0.15) is 48.9 Å². The SMILES string of the molecule is CC[C@H](NC(=O)[C@H](Cc1cc(F)c(O)c(F)c1)N[C@@H](c1ccc(C(F)(F)F)cc1)C(F)(F)F)C(=O)C(=O)NC1CC1. The third kappa shape index (κ3) is 8.38. The molecular weight excluding hydrogens is 570 g/mol. The zero-order valence-corrected chi connectivity index (χ0v) is 21.3. The molecule has 7 nitrogen and oxygen atoms in total. The molecule has 4 N–H and O–H groups in total. The fourth-order valence-electron chi connectivity index (χ4n) is 3.91. The van der Waals surface area contributed by atoms with Crippen LogP contribution in [-0.4, -0.2) is 47.0 Å². The lowest BCUT2D eigenvalue weighted by atomic mass is 9.99. The number of carbonyl (C=O) groups is 3. The Labute approximate surface area is 228 Å². The van der Waals surface area contributed by atoms with Crippen molar-refractivity contribution < 1.29 is 54.6 Å². The number of phenols is 1. The Morgan fingerprint density at radius 3 is 1.98 bits per heavy atom. The zero-order valence-electron chi connectivity index (χ0n) is 21.3. The molecule has 41 heavy (non-hydrogen) atoms. The molecule has 1 saturated carbocycles. The van der Waals surface area contributed by atoms with E-state index < -0.39 is 83.0 Å². The number of nitrogens with one attached hydrogen (secondary N) is 3. The summed E-state index contributed by atoms with van der Waals surface area (Å²) in [5, 5.41) is 15.9. The third-order valence-electron chi connectivity index (χ3n) is 6.28. The summed E-state index contributed by atoms with van der Waals surface area (Å²) in [5.74, 6) is -7.63. The molecule has 2 aromatic carbocycles. The first kappa shape index (κ1) is 31.8. The third-order valence-corrected chi connectivity index (χ3v) is 6.28. The summed E-state index contributed by atoms with van der Waals surface area (Å²) >= 11 is 0. The molecule has 0 saturated heterocycles. The highest BCUT2D eigenvalue weighted by molar-refractivity contribution is 6.38. The van der Waals surface area contributed by atoms with Crippen LogP contribution in [0.5, 0.6) is 5.75 Å². The summed E-state index contributed by atoms with van der Waals surface area (Å²) in [6.07, 6.45) is -9.66. The van der Waals surface area contributed by atoms with Crippen LogP contribution in [0.3, 0.4) is 0 Å². The molecule has 1 aliphatic carbocycles. The normalized spacial score (nSPS) is 16.0. The van der Waals surface area contributed by atoms with Crippen molar-refractivity contribution in [1.82, 2.24) is 16.0 Å². The second-order valence-electron chi connectivity index (χ2n) is 9.51. The van der Waals surface area contributed by atoms with Gasteiger partial charge in [-0.2, -0.15) is 26.3 Å². The monoisotopic (exact) mass is 595 g/mol. The van der Waals surface area contributed by atoms with Crippen LogP contribution in [0.2, 0.25) is 0 Å². The molecule has 0 bridgehead atoms. The Kier molecular flexibility index (Phi) is 9.62. The van der Waals surface area contributed by atoms with E-state index in [9.17, 15) is 54.6 Å². The molecule has 3 rings (SSSR count). The molecule has 224 valence electrons. The number of halogens is 8. The lowest BCUT2D eigenvalue weighted by molar-refractivity contribution is -0.161. The molecule has 15 heteroatoms. The van der Waals surface area contributed by atoms with Crippen molar-refractivity contribution >= 4 is 17.6 Å². The Balaban J connectivity index is 1.93. The molecule has 3 atom stereocenters. The maximum absolute atomic E-state index is 14.1. The van der Waals surface area contributed by atoms with Gasteiger partial charge in [-0.3, -0.25) is 19.7 Å². The van der Waals surface area contributed by atoms with Gasteiger partial charge in [-0.05, 0) is 61.1 Å². The maximum atomic E-state index is 14.1. The van der Waals surface area contributed by atoms with Gasteiger partial charge in [0.15, 0.2) is 17.4 Å². The first-order valence-corrected chi connectivity index (χ1v) is 12.3. The standard InChI is InChI=1S/C26H25F8N3O4/c1-2-18(21(39)24(41)35-15-7-8-15)37-23(40)19(11-12-9-16(27)20(38)17(28)10-12)36-22(26(32,33)34)13-3-5-14(6-4-13)25(29,30)31/h3-6,9-10,15,18-19,22,36,38H,2,7-8,11H2,1H3,(H,35,41)(H,37,40)/t18-,19-,22-/m0/s1. The van der Waals surface area contributed by atoms with Crippen molar-refractivity contribution in [3.8, 4) is 5.75 Å². The number of alkyl halides is 6. The number of benzene rings is 2. The second kappa shape index (κ2) is 12.4. The van der Waals surface area contributed by atoms with Gasteiger partial charge in [0.25, 0.3) is 5.91 Å². The first-order chi connectivity index (χ1) is 19.0. The van der Waals surface area contributed by atoms with E-state index in [-0.39, 0.29) is 18.0 Å². The van der Waals surface area contributed by atoms with Crippen LogP contribution < -0.4 is 16.0 Å². The number of hydrogen-bond acceptors (Lipinski definition) is 5. The van der Waals surface area contributed by atoms with Crippen molar-refractivity contribution in [2.75, 3.05) is 0 Å². The van der Waals surface area contributed by atoms with Crippen LogP contribution in [0, 0.1) is 11.6 Å². The molecule has 0 spiro atoms. The number of hydrogen-bond donors (Lipinski definition) is 4. The summed E-state index contributed by atoms with van der Waals surface area (Å²) in [6, 6.07) is -3.27. The number of ketones is 1. The van der Waals surface area contributed by atoms with Crippen LogP contribution >= 0.6 is 0 Å². The van der Waals surface area contributed by atoms with E-state index in [0.29, 0.717) is 49.2 Å². The van der Waals surface area contributed by atoms with Gasteiger partial charge < -0.3 is 15.7 Å². The Bertz CT molecular complexity index is 1250. The average Bonchev–Trinajstić information content (AvgIpc) is 3.70. The van der Waals surface area contributed by atoms with Crippen molar-refractivity contribution in [2.45, 2.75) is 69.1 Å². The quantitative estimate of drug-likeness (QED) is 0.230. The number of carbonyl (C=O) groups excluding carboxylic acids is 3. The Hall–Kier alpha value is -3.75. The Morgan fingerprint density at radius 1 is 0.951 bits per heavy atom. The van der Waals surface area contributed by atoms with E-state index in [1.165, 1.54) is 6.92 Å². The highest BCUT2D eigenvalue weighted by Crippen LogP contribution is 2.36. The van der Waals surface area contributed by atoms with Gasteiger partial charge in [-0.15, -0.1) is 0 Å². The molecule has 0 radical (unpaired) electrons. The predicted molar refractivity (Wildman–Crippen MR) is 127 cm³/mol. The summed E-state index contributed by atoms with van der Waals surface area (Å²) < 4.78 is 109. The van der Waals surface area contributed by atoms with E-state index in [1.54, 1.807) is 0 Å². The summed E-state index contributed by atoms with van der Waals surface area (Å²) in [4.78, 5) is 37.9. The molecule has 0 heterocycles. The molecule has 2 aromatic rings. The molecule has 1 aliphatic rings. The summed E-state index contributed by atoms with van der Waals surface area (Å²) in [6.45, 7) is 1.42. The van der Waals surface area contributed by atoms with E-state index in [1.807, 2.05) is 5.32 Å². The van der Waals surface area contributed by atoms with E-state index in [4.69, 9.17) is 0 Å². The van der Waals surface area contributed by atoms with Gasteiger partial charge in [-0.25, -0.2) is 8.78 Å². The highest BCUT2D eigenvalue weighted by atomic mass is 19.4. The van der Waals surface area contributed by atoms with E-state index >= 15 is 0 Å². The van der Waals surface area contributed by atoms with Crippen LogP contribution in [0.4, 0.5) is 35.1 Å². The fraction of sp³-hybridized carbons (Fsp3) is 0.423. The molecular formula is C26H25F8N3O4. The van der Waals surface area contributed by atoms with Gasteiger partial charge in [-0.1, -0.05) is 19.1 Å². The van der Waals surface area contributed by atoms with Crippen LogP contribution in [0.15, 0.2) is 36.4 Å². The van der Waals surface area contributed by atoms with Crippen LogP contribution in [0.25, 0.3) is 0 Å². The average molecular weight is 595 g/mol. The molecule has 1 fully saturated rings. The van der Waals surface area contributed by atoms with Gasteiger partial charge in [0.2, 0.25) is 11.7 Å². The maximum Gasteiger partial charge on any atom is 0.416 e. The lowest BCUT2D eigenvalue weighted by Gasteiger charge is -2.29. The van der Waals surface area contributed by atoms with Gasteiger partial charge in [0.05, 0.1) is 17.6 Å². The fourth-order valence-corrected chi connectivity index (χ4v) is 3.91. The van der Waals surface area contributed by atoms with Crippen molar-refractivity contribution in [3.63, 3.8) is 0 Å². The predicted octanol–water partition coefficient (Wildman–Crippen LogP) is 4.24. The first-order valence-electron chi connectivity index (χ1n) is 12.3. The molecule has 0 aliphatic heterocycles. The van der Waals surface area contributed by atoms with Crippen molar-refractivity contribution in [2.24, 2.45) is 0 Å². The summed E-state index contributed by atoms with van der Waals surface area (Å²) in [7, 11) is 0. The summed E-state index contributed by atoms with van der Waals surface area (Å²) in [5.41, 5.74) is -2.30. The lowest BCUT2D eigenvalue weighted by Crippen LogP contribution is -2.55. The zero-order chi connectivity index (χ0) is 30.7.